The van der Waals surface area contributed by atoms with E-state index in [-0.39, 0.29) is 18.6 Å². The lowest BCUT2D eigenvalue weighted by Crippen LogP contribution is -2.26. The van der Waals surface area contributed by atoms with Crippen LogP contribution in [0.2, 0.25) is 0 Å². The smallest absolute Gasteiger partial charge is 0.220 e. The molecule has 2 N–H and O–H groups in total. The number of aliphatic hydroxyl groups excluding tert-OH is 1. The van der Waals surface area contributed by atoms with Gasteiger partial charge in [0.25, 0.3) is 0 Å². The van der Waals surface area contributed by atoms with Crippen LogP contribution in [-0.4, -0.2) is 24.7 Å². The largest absolute Gasteiger partial charge is 0.496 e. The Morgan fingerprint density at radius 2 is 2.11 bits per heavy atom. The molecule has 0 fully saturated rings. The maximum absolute atomic E-state index is 11.7. The first kappa shape index (κ1) is 14.5. The lowest BCUT2D eigenvalue weighted by atomic mass is 10.1. The van der Waals surface area contributed by atoms with Gasteiger partial charge in [0.1, 0.15) is 5.75 Å². The van der Waals surface area contributed by atoms with Crippen molar-refractivity contribution in [3.8, 4) is 5.75 Å². The number of nitrogens with one attached hydrogen (secondary N) is 1. The average molecular weight is 251 g/mol. The molecule has 0 saturated carbocycles. The van der Waals surface area contributed by atoms with Crippen molar-refractivity contribution in [2.75, 3.05) is 13.7 Å². The van der Waals surface area contributed by atoms with E-state index in [2.05, 4.69) is 5.32 Å². The van der Waals surface area contributed by atoms with Crippen molar-refractivity contribution in [1.29, 1.82) is 0 Å². The van der Waals surface area contributed by atoms with Crippen LogP contribution in [0.1, 0.15) is 37.8 Å². The van der Waals surface area contributed by atoms with Gasteiger partial charge in [-0.1, -0.05) is 18.2 Å². The maximum Gasteiger partial charge on any atom is 0.220 e. The molecule has 1 aromatic rings. The summed E-state index contributed by atoms with van der Waals surface area (Å²) in [5, 5.41) is 11.6. The van der Waals surface area contributed by atoms with E-state index in [1.807, 2.05) is 31.2 Å². The summed E-state index contributed by atoms with van der Waals surface area (Å²) in [5.41, 5.74) is 0.968. The van der Waals surface area contributed by atoms with Gasteiger partial charge in [0.05, 0.1) is 13.2 Å². The monoisotopic (exact) mass is 251 g/mol. The van der Waals surface area contributed by atoms with Crippen molar-refractivity contribution in [1.82, 2.24) is 5.32 Å². The first-order valence-corrected chi connectivity index (χ1v) is 6.22. The van der Waals surface area contributed by atoms with Gasteiger partial charge in [-0.05, 0) is 25.8 Å². The number of benzene rings is 1. The molecule has 0 radical (unpaired) electrons. The normalized spacial score (nSPS) is 11.9. The maximum atomic E-state index is 11.7. The van der Waals surface area contributed by atoms with E-state index in [0.29, 0.717) is 19.3 Å². The van der Waals surface area contributed by atoms with Gasteiger partial charge >= 0.3 is 0 Å². The molecule has 1 atom stereocenters. The van der Waals surface area contributed by atoms with Gasteiger partial charge in [-0.3, -0.25) is 4.79 Å². The lowest BCUT2D eigenvalue weighted by molar-refractivity contribution is -0.121. The molecular formula is C14H21NO3. The Labute approximate surface area is 108 Å². The molecule has 4 nitrogen and oxygen atoms in total. The molecule has 4 heteroatoms. The van der Waals surface area contributed by atoms with Crippen molar-refractivity contribution in [3.63, 3.8) is 0 Å². The van der Waals surface area contributed by atoms with Crippen LogP contribution in [0.5, 0.6) is 5.75 Å². The summed E-state index contributed by atoms with van der Waals surface area (Å²) in [5.74, 6) is 0.780. The number of hydrogen-bond acceptors (Lipinski definition) is 3. The van der Waals surface area contributed by atoms with Crippen LogP contribution in [0.25, 0.3) is 0 Å². The number of rotatable bonds is 7. The number of hydrogen-bond donors (Lipinski definition) is 2. The van der Waals surface area contributed by atoms with Crippen LogP contribution in [0.4, 0.5) is 0 Å². The van der Waals surface area contributed by atoms with Gasteiger partial charge in [0, 0.05) is 18.6 Å². The Kier molecular flexibility index (Phi) is 6.22. The number of carbonyl (C=O) groups is 1. The second kappa shape index (κ2) is 7.71. The van der Waals surface area contributed by atoms with Gasteiger partial charge in [-0.2, -0.15) is 0 Å². The minimum atomic E-state index is -0.0808. The van der Waals surface area contributed by atoms with E-state index >= 15 is 0 Å². The Morgan fingerprint density at radius 1 is 1.39 bits per heavy atom. The summed E-state index contributed by atoms with van der Waals surface area (Å²) in [7, 11) is 1.62. The highest BCUT2D eigenvalue weighted by Crippen LogP contribution is 2.24. The molecular weight excluding hydrogens is 230 g/mol. The molecule has 1 aromatic carbocycles. The first-order chi connectivity index (χ1) is 8.69. The van der Waals surface area contributed by atoms with Crippen LogP contribution in [0.15, 0.2) is 24.3 Å². The first-order valence-electron chi connectivity index (χ1n) is 6.22. The molecule has 18 heavy (non-hydrogen) atoms. The predicted molar refractivity (Wildman–Crippen MR) is 70.5 cm³/mol. The number of methoxy groups -OCH3 is 1. The topological polar surface area (TPSA) is 58.6 Å². The third-order valence-electron chi connectivity index (χ3n) is 2.79. The van der Waals surface area contributed by atoms with Gasteiger partial charge in [-0.15, -0.1) is 0 Å². The van der Waals surface area contributed by atoms with Gasteiger partial charge in [0.2, 0.25) is 5.91 Å². The number of amides is 1. The van der Waals surface area contributed by atoms with Crippen LogP contribution < -0.4 is 10.1 Å². The van der Waals surface area contributed by atoms with Gasteiger partial charge < -0.3 is 15.2 Å². The number of aliphatic hydroxyl groups is 1. The van der Waals surface area contributed by atoms with Gasteiger partial charge in [-0.25, -0.2) is 0 Å². The SMILES string of the molecule is COc1ccccc1[C@@H](C)NC(=O)CCCCO. The van der Waals surface area contributed by atoms with E-state index in [1.165, 1.54) is 0 Å². The Morgan fingerprint density at radius 3 is 2.78 bits per heavy atom. The van der Waals surface area contributed by atoms with E-state index < -0.39 is 0 Å². The fourth-order valence-corrected chi connectivity index (χ4v) is 1.81. The minimum Gasteiger partial charge on any atom is -0.496 e. The lowest BCUT2D eigenvalue weighted by Gasteiger charge is -2.17. The highest BCUT2D eigenvalue weighted by atomic mass is 16.5. The minimum absolute atomic E-state index is 0.00172. The third kappa shape index (κ3) is 4.37. The molecule has 1 amide bonds. The van der Waals surface area contributed by atoms with Crippen molar-refractivity contribution >= 4 is 5.91 Å². The summed E-state index contributed by atoms with van der Waals surface area (Å²) in [6.07, 6.45) is 1.82. The summed E-state index contributed by atoms with van der Waals surface area (Å²) in [6.45, 7) is 2.07. The molecule has 0 heterocycles. The highest BCUT2D eigenvalue weighted by Gasteiger charge is 2.12. The Balaban J connectivity index is 2.53. The van der Waals surface area contributed by atoms with E-state index in [0.717, 1.165) is 11.3 Å². The summed E-state index contributed by atoms with van der Waals surface area (Å²) in [4.78, 5) is 11.7. The molecule has 0 aliphatic rings. The van der Waals surface area contributed by atoms with Crippen LogP contribution in [0, 0.1) is 0 Å². The summed E-state index contributed by atoms with van der Waals surface area (Å²) in [6, 6.07) is 7.56. The zero-order valence-corrected chi connectivity index (χ0v) is 11.0. The predicted octanol–water partition coefficient (Wildman–Crippen LogP) is 2.03. The molecule has 0 aromatic heterocycles. The Bertz CT molecular complexity index is 379. The number of carbonyl (C=O) groups excluding carboxylic acids is 1. The molecule has 0 aliphatic carbocycles. The van der Waals surface area contributed by atoms with E-state index in [1.54, 1.807) is 7.11 Å². The van der Waals surface area contributed by atoms with Crippen LogP contribution in [-0.2, 0) is 4.79 Å². The molecule has 0 unspecified atom stereocenters. The molecule has 0 spiro atoms. The fraction of sp³-hybridized carbons (Fsp3) is 0.500. The molecule has 100 valence electrons. The number of para-hydroxylation sites is 1. The van der Waals surface area contributed by atoms with Crippen LogP contribution >= 0.6 is 0 Å². The number of unbranched alkanes of at least 4 members (excludes halogenated alkanes) is 1. The quantitative estimate of drug-likeness (QED) is 0.729. The third-order valence-corrected chi connectivity index (χ3v) is 2.79. The molecule has 0 aliphatic heterocycles. The van der Waals surface area contributed by atoms with E-state index in [9.17, 15) is 4.79 Å². The molecule has 0 bridgehead atoms. The van der Waals surface area contributed by atoms with Crippen molar-refractivity contribution < 1.29 is 14.6 Å². The van der Waals surface area contributed by atoms with Crippen molar-refractivity contribution in [2.24, 2.45) is 0 Å². The zero-order chi connectivity index (χ0) is 13.4. The summed E-state index contributed by atoms with van der Waals surface area (Å²) < 4.78 is 5.26. The number of ether oxygens (including phenoxy) is 1. The van der Waals surface area contributed by atoms with Gasteiger partial charge in [0.15, 0.2) is 0 Å². The second-order valence-electron chi connectivity index (χ2n) is 4.21. The molecule has 0 saturated heterocycles. The fourth-order valence-electron chi connectivity index (χ4n) is 1.81. The van der Waals surface area contributed by atoms with Crippen molar-refractivity contribution in [2.45, 2.75) is 32.2 Å². The van der Waals surface area contributed by atoms with Crippen molar-refractivity contribution in [3.05, 3.63) is 29.8 Å². The zero-order valence-electron chi connectivity index (χ0n) is 11.0. The average Bonchev–Trinajstić information content (AvgIpc) is 2.39. The van der Waals surface area contributed by atoms with E-state index in [4.69, 9.17) is 9.84 Å². The standard InChI is InChI=1S/C14H21NO3/c1-11(15-14(17)9-5-6-10-16)12-7-3-4-8-13(12)18-2/h3-4,7-8,11,16H,5-6,9-10H2,1-2H3,(H,15,17)/t11-/m1/s1. The molecule has 1 rings (SSSR count). The van der Waals surface area contributed by atoms with Crippen LogP contribution in [0.3, 0.4) is 0 Å². The Hall–Kier alpha value is -1.55. The second-order valence-corrected chi connectivity index (χ2v) is 4.21. The highest BCUT2D eigenvalue weighted by molar-refractivity contribution is 5.76. The summed E-state index contributed by atoms with van der Waals surface area (Å²) >= 11 is 0.